The first kappa shape index (κ1) is 27.7. The number of rotatable bonds is 12. The molecule has 1 atom stereocenters. The molecule has 0 spiro atoms. The molecule has 3 aromatic rings. The van der Waals surface area contributed by atoms with Crippen LogP contribution >= 0.6 is 0 Å². The van der Waals surface area contributed by atoms with Gasteiger partial charge in [-0.25, -0.2) is 10.2 Å². The molecule has 0 unspecified atom stereocenters. The molecule has 196 valence electrons. The Labute approximate surface area is 218 Å². The SMILES string of the molecule is CCCNNC(=O)c1ccc(CNC(=O)[C@H](CC(C)C)NC(=O)NCc2cccc3ccccc23)cc1. The van der Waals surface area contributed by atoms with E-state index in [0.29, 0.717) is 31.6 Å². The van der Waals surface area contributed by atoms with Gasteiger partial charge in [-0.15, -0.1) is 0 Å². The zero-order valence-electron chi connectivity index (χ0n) is 21.8. The maximum atomic E-state index is 12.9. The molecule has 0 aliphatic rings. The normalized spacial score (nSPS) is 11.7. The van der Waals surface area contributed by atoms with Gasteiger partial charge in [-0.1, -0.05) is 75.4 Å². The summed E-state index contributed by atoms with van der Waals surface area (Å²) in [6.07, 6.45) is 1.43. The Morgan fingerprint density at radius 2 is 1.57 bits per heavy atom. The van der Waals surface area contributed by atoms with Gasteiger partial charge in [0.1, 0.15) is 6.04 Å². The lowest BCUT2D eigenvalue weighted by Crippen LogP contribution is -2.50. The second-order valence-electron chi connectivity index (χ2n) is 9.44. The minimum Gasteiger partial charge on any atom is -0.350 e. The third-order valence-corrected chi connectivity index (χ3v) is 5.91. The molecule has 3 aromatic carbocycles. The van der Waals surface area contributed by atoms with E-state index in [1.807, 2.05) is 63.2 Å². The smallest absolute Gasteiger partial charge is 0.315 e. The van der Waals surface area contributed by atoms with Gasteiger partial charge in [-0.3, -0.25) is 15.0 Å². The van der Waals surface area contributed by atoms with E-state index in [1.54, 1.807) is 24.3 Å². The first-order chi connectivity index (χ1) is 17.9. The van der Waals surface area contributed by atoms with Crippen LogP contribution < -0.4 is 26.8 Å². The lowest BCUT2D eigenvalue weighted by molar-refractivity contribution is -0.123. The Kier molecular flexibility index (Phi) is 10.5. The maximum Gasteiger partial charge on any atom is 0.315 e. The van der Waals surface area contributed by atoms with Crippen LogP contribution in [0.15, 0.2) is 66.7 Å². The van der Waals surface area contributed by atoms with Crippen LogP contribution in [0.5, 0.6) is 0 Å². The number of carbonyl (C=O) groups is 3. The molecule has 4 amide bonds. The summed E-state index contributed by atoms with van der Waals surface area (Å²) in [7, 11) is 0. The summed E-state index contributed by atoms with van der Waals surface area (Å²) < 4.78 is 0. The highest BCUT2D eigenvalue weighted by molar-refractivity contribution is 5.94. The highest BCUT2D eigenvalue weighted by Gasteiger charge is 2.22. The standard InChI is InChI=1S/C29H37N5O3/c1-4-16-32-34-27(35)23-14-12-21(13-15-23)18-30-28(36)26(17-20(2)3)33-29(37)31-19-24-10-7-9-22-8-5-6-11-25(22)24/h5-15,20,26,32H,4,16-19H2,1-3H3,(H,30,36)(H,34,35)(H2,31,33,37)/t26-/m0/s1. The van der Waals surface area contributed by atoms with Crippen molar-refractivity contribution in [2.75, 3.05) is 6.54 Å². The van der Waals surface area contributed by atoms with Gasteiger partial charge in [0, 0.05) is 25.2 Å². The summed E-state index contributed by atoms with van der Waals surface area (Å²) in [4.78, 5) is 37.7. The molecular formula is C29H37N5O3. The van der Waals surface area contributed by atoms with Crippen LogP contribution in [0, 0.1) is 5.92 Å². The highest BCUT2D eigenvalue weighted by Crippen LogP contribution is 2.18. The molecule has 0 aliphatic carbocycles. The van der Waals surface area contributed by atoms with Gasteiger partial charge in [-0.05, 0) is 52.8 Å². The van der Waals surface area contributed by atoms with Crippen LogP contribution in [0.1, 0.15) is 55.1 Å². The molecule has 0 bridgehead atoms. The van der Waals surface area contributed by atoms with E-state index in [0.717, 1.165) is 28.3 Å². The topological polar surface area (TPSA) is 111 Å². The van der Waals surface area contributed by atoms with E-state index in [-0.39, 0.29) is 23.8 Å². The van der Waals surface area contributed by atoms with Crippen molar-refractivity contribution in [2.24, 2.45) is 5.92 Å². The van der Waals surface area contributed by atoms with E-state index in [2.05, 4.69) is 26.8 Å². The van der Waals surface area contributed by atoms with Crippen molar-refractivity contribution < 1.29 is 14.4 Å². The molecule has 8 heteroatoms. The Hall–Kier alpha value is -3.91. The van der Waals surface area contributed by atoms with Gasteiger partial charge in [-0.2, -0.15) is 0 Å². The Bertz CT molecular complexity index is 1190. The molecule has 3 rings (SSSR count). The van der Waals surface area contributed by atoms with Crippen LogP contribution in [0.4, 0.5) is 4.79 Å². The van der Waals surface area contributed by atoms with Crippen molar-refractivity contribution in [1.82, 2.24) is 26.8 Å². The van der Waals surface area contributed by atoms with Gasteiger partial charge < -0.3 is 16.0 Å². The molecule has 0 saturated heterocycles. The van der Waals surface area contributed by atoms with Crippen molar-refractivity contribution in [3.05, 3.63) is 83.4 Å². The minimum atomic E-state index is -0.665. The Morgan fingerprint density at radius 1 is 0.838 bits per heavy atom. The van der Waals surface area contributed by atoms with Crippen LogP contribution in [0.3, 0.4) is 0 Å². The van der Waals surface area contributed by atoms with Gasteiger partial charge in [0.15, 0.2) is 0 Å². The number of fused-ring (bicyclic) bond motifs is 1. The van der Waals surface area contributed by atoms with Crippen LogP contribution in [0.2, 0.25) is 0 Å². The van der Waals surface area contributed by atoms with Gasteiger partial charge in [0.2, 0.25) is 5.91 Å². The van der Waals surface area contributed by atoms with Crippen LogP contribution in [0.25, 0.3) is 10.8 Å². The van der Waals surface area contributed by atoms with E-state index >= 15 is 0 Å². The number of nitrogens with one attached hydrogen (secondary N) is 5. The quantitative estimate of drug-likeness (QED) is 0.190. The summed E-state index contributed by atoms with van der Waals surface area (Å²) in [5.41, 5.74) is 7.90. The van der Waals surface area contributed by atoms with Gasteiger partial charge in [0.05, 0.1) is 0 Å². The molecular weight excluding hydrogens is 466 g/mol. The monoisotopic (exact) mass is 503 g/mol. The molecule has 0 saturated carbocycles. The Balaban J connectivity index is 1.53. The fourth-order valence-electron chi connectivity index (χ4n) is 3.96. The third kappa shape index (κ3) is 8.61. The number of urea groups is 1. The lowest BCUT2D eigenvalue weighted by Gasteiger charge is -2.21. The van der Waals surface area contributed by atoms with E-state index in [9.17, 15) is 14.4 Å². The second kappa shape index (κ2) is 14.0. The molecule has 5 N–H and O–H groups in total. The number of benzene rings is 3. The molecule has 0 aliphatic heterocycles. The van der Waals surface area contributed by atoms with Crippen molar-refractivity contribution in [3.63, 3.8) is 0 Å². The predicted molar refractivity (Wildman–Crippen MR) is 147 cm³/mol. The summed E-state index contributed by atoms with van der Waals surface area (Å²) in [5, 5.41) is 10.8. The number of hydrogen-bond acceptors (Lipinski definition) is 4. The summed E-state index contributed by atoms with van der Waals surface area (Å²) >= 11 is 0. The largest absolute Gasteiger partial charge is 0.350 e. The number of amides is 4. The fraction of sp³-hybridized carbons (Fsp3) is 0.345. The lowest BCUT2D eigenvalue weighted by atomic mass is 10.0. The first-order valence-electron chi connectivity index (χ1n) is 12.8. The molecule has 0 aromatic heterocycles. The first-order valence-corrected chi connectivity index (χ1v) is 12.8. The van der Waals surface area contributed by atoms with E-state index in [4.69, 9.17) is 0 Å². The summed E-state index contributed by atoms with van der Waals surface area (Å²) in [6.45, 7) is 7.38. The molecule has 37 heavy (non-hydrogen) atoms. The van der Waals surface area contributed by atoms with Crippen molar-refractivity contribution >= 4 is 28.6 Å². The van der Waals surface area contributed by atoms with E-state index < -0.39 is 6.04 Å². The van der Waals surface area contributed by atoms with Crippen molar-refractivity contribution in [1.29, 1.82) is 0 Å². The predicted octanol–water partition coefficient (Wildman–Crippen LogP) is 4.01. The zero-order chi connectivity index (χ0) is 26.6. The number of carbonyl (C=O) groups excluding carboxylic acids is 3. The number of hydrazine groups is 1. The molecule has 0 radical (unpaired) electrons. The van der Waals surface area contributed by atoms with Gasteiger partial charge >= 0.3 is 6.03 Å². The molecule has 0 heterocycles. The van der Waals surface area contributed by atoms with Crippen LogP contribution in [-0.4, -0.2) is 30.4 Å². The van der Waals surface area contributed by atoms with Crippen molar-refractivity contribution in [2.45, 2.75) is 52.7 Å². The van der Waals surface area contributed by atoms with Gasteiger partial charge in [0.25, 0.3) is 5.91 Å². The third-order valence-electron chi connectivity index (χ3n) is 5.91. The maximum absolute atomic E-state index is 12.9. The second-order valence-corrected chi connectivity index (χ2v) is 9.44. The summed E-state index contributed by atoms with van der Waals surface area (Å²) in [6, 6.07) is 20.0. The average Bonchev–Trinajstić information content (AvgIpc) is 2.90. The fourth-order valence-corrected chi connectivity index (χ4v) is 3.96. The minimum absolute atomic E-state index is 0.209. The molecule has 8 nitrogen and oxygen atoms in total. The highest BCUT2D eigenvalue weighted by atomic mass is 16.2. The summed E-state index contributed by atoms with van der Waals surface area (Å²) in [5.74, 6) is -0.243. The molecule has 0 fully saturated rings. The Morgan fingerprint density at radius 3 is 2.30 bits per heavy atom. The van der Waals surface area contributed by atoms with Crippen molar-refractivity contribution in [3.8, 4) is 0 Å². The average molecular weight is 504 g/mol. The number of hydrogen-bond donors (Lipinski definition) is 5. The van der Waals surface area contributed by atoms with E-state index in [1.165, 1.54) is 0 Å². The van der Waals surface area contributed by atoms with Crippen LogP contribution in [-0.2, 0) is 17.9 Å². The zero-order valence-corrected chi connectivity index (χ0v) is 21.8.